The van der Waals surface area contributed by atoms with Gasteiger partial charge in [-0.25, -0.2) is 5.43 Å². The number of hydrazone groups is 1. The zero-order valence-corrected chi connectivity index (χ0v) is 15.5. The summed E-state index contributed by atoms with van der Waals surface area (Å²) in [5, 5.41) is 4.15. The molecule has 0 aromatic heterocycles. The molecule has 7 heteroatoms. The molecule has 138 valence electrons. The molecular weight excluding hydrogens is 336 g/mol. The van der Waals surface area contributed by atoms with Crippen molar-refractivity contribution in [2.24, 2.45) is 5.10 Å². The van der Waals surface area contributed by atoms with Crippen LogP contribution in [-0.4, -0.2) is 40.1 Å². The van der Waals surface area contributed by atoms with Crippen molar-refractivity contribution in [2.45, 2.75) is 6.92 Å². The van der Waals surface area contributed by atoms with Gasteiger partial charge < -0.3 is 18.9 Å². The van der Waals surface area contributed by atoms with Crippen molar-refractivity contribution in [3.63, 3.8) is 0 Å². The SMILES string of the molecule is COc1ccc(C(=O)N/N=C(/C)c2ccc(OC)c(OC)c2)c(OC)c1. The summed E-state index contributed by atoms with van der Waals surface area (Å²) in [6.45, 7) is 1.78. The predicted octanol–water partition coefficient (Wildman–Crippen LogP) is 2.88. The van der Waals surface area contributed by atoms with Crippen LogP contribution in [0.15, 0.2) is 41.5 Å². The Kier molecular flexibility index (Phi) is 6.43. The fourth-order valence-electron chi connectivity index (χ4n) is 2.31. The average Bonchev–Trinajstić information content (AvgIpc) is 2.70. The van der Waals surface area contributed by atoms with Crippen molar-refractivity contribution in [1.29, 1.82) is 0 Å². The van der Waals surface area contributed by atoms with Gasteiger partial charge >= 0.3 is 0 Å². The molecule has 0 bridgehead atoms. The number of amides is 1. The Bertz CT molecular complexity index is 818. The molecule has 0 heterocycles. The number of ether oxygens (including phenoxy) is 4. The van der Waals surface area contributed by atoms with Crippen LogP contribution in [0.5, 0.6) is 23.0 Å². The third-order valence-electron chi connectivity index (χ3n) is 3.78. The van der Waals surface area contributed by atoms with Crippen molar-refractivity contribution in [2.75, 3.05) is 28.4 Å². The first-order chi connectivity index (χ1) is 12.5. The number of carbonyl (C=O) groups is 1. The summed E-state index contributed by atoms with van der Waals surface area (Å²) in [5.41, 5.74) is 4.30. The zero-order chi connectivity index (χ0) is 19.1. The normalized spacial score (nSPS) is 10.9. The number of nitrogens with one attached hydrogen (secondary N) is 1. The Morgan fingerprint density at radius 3 is 2.15 bits per heavy atom. The molecule has 26 heavy (non-hydrogen) atoms. The number of rotatable bonds is 7. The molecule has 2 aromatic carbocycles. The second-order valence-corrected chi connectivity index (χ2v) is 5.27. The van der Waals surface area contributed by atoms with E-state index in [9.17, 15) is 4.79 Å². The van der Waals surface area contributed by atoms with Crippen molar-refractivity contribution >= 4 is 11.6 Å². The number of benzene rings is 2. The second-order valence-electron chi connectivity index (χ2n) is 5.27. The van der Waals surface area contributed by atoms with Crippen LogP contribution in [-0.2, 0) is 0 Å². The van der Waals surface area contributed by atoms with Crippen LogP contribution in [0.3, 0.4) is 0 Å². The molecule has 1 amide bonds. The highest BCUT2D eigenvalue weighted by Crippen LogP contribution is 2.28. The molecular formula is C19H22N2O5. The highest BCUT2D eigenvalue weighted by molar-refractivity contribution is 6.02. The third kappa shape index (κ3) is 4.24. The lowest BCUT2D eigenvalue weighted by Crippen LogP contribution is -2.20. The molecule has 2 aromatic rings. The van der Waals surface area contributed by atoms with Gasteiger partial charge in [-0.05, 0) is 37.3 Å². The maximum absolute atomic E-state index is 12.4. The molecule has 0 saturated heterocycles. The summed E-state index contributed by atoms with van der Waals surface area (Å²) in [7, 11) is 6.17. The first-order valence-electron chi connectivity index (χ1n) is 7.83. The lowest BCUT2D eigenvalue weighted by atomic mass is 10.1. The van der Waals surface area contributed by atoms with Gasteiger partial charge in [0.1, 0.15) is 11.5 Å². The first kappa shape index (κ1) is 19.1. The summed E-state index contributed by atoms with van der Waals surface area (Å²) in [4.78, 5) is 12.4. The van der Waals surface area contributed by atoms with Gasteiger partial charge in [-0.1, -0.05) is 0 Å². The number of nitrogens with zero attached hydrogens (tertiary/aromatic N) is 1. The van der Waals surface area contributed by atoms with Crippen molar-refractivity contribution in [3.8, 4) is 23.0 Å². The van der Waals surface area contributed by atoms with Crippen molar-refractivity contribution < 1.29 is 23.7 Å². The van der Waals surface area contributed by atoms with Gasteiger partial charge in [0.2, 0.25) is 0 Å². The minimum absolute atomic E-state index is 0.358. The summed E-state index contributed by atoms with van der Waals surface area (Å²) in [5.74, 6) is 1.83. The highest BCUT2D eigenvalue weighted by Gasteiger charge is 2.13. The second kappa shape index (κ2) is 8.75. The van der Waals surface area contributed by atoms with Gasteiger partial charge in [0.25, 0.3) is 5.91 Å². The van der Waals surface area contributed by atoms with Crippen LogP contribution in [0.2, 0.25) is 0 Å². The van der Waals surface area contributed by atoms with Crippen molar-refractivity contribution in [3.05, 3.63) is 47.5 Å². The molecule has 0 aliphatic rings. The largest absolute Gasteiger partial charge is 0.497 e. The lowest BCUT2D eigenvalue weighted by molar-refractivity contribution is 0.0951. The van der Waals surface area contributed by atoms with Crippen LogP contribution in [0.4, 0.5) is 0 Å². The van der Waals surface area contributed by atoms with E-state index in [-0.39, 0.29) is 5.91 Å². The molecule has 0 radical (unpaired) electrons. The summed E-state index contributed by atoms with van der Waals surface area (Å²) in [6.07, 6.45) is 0. The molecule has 0 saturated carbocycles. The molecule has 0 aliphatic heterocycles. The molecule has 1 N–H and O–H groups in total. The first-order valence-corrected chi connectivity index (χ1v) is 7.83. The summed E-state index contributed by atoms with van der Waals surface area (Å²) >= 11 is 0. The maximum Gasteiger partial charge on any atom is 0.275 e. The van der Waals surface area contributed by atoms with Gasteiger partial charge in [-0.2, -0.15) is 5.10 Å². The van der Waals surface area contributed by atoms with Crippen LogP contribution in [0.1, 0.15) is 22.8 Å². The predicted molar refractivity (Wildman–Crippen MR) is 98.8 cm³/mol. The third-order valence-corrected chi connectivity index (χ3v) is 3.78. The van der Waals surface area contributed by atoms with Crippen LogP contribution in [0.25, 0.3) is 0 Å². The van der Waals surface area contributed by atoms with E-state index in [1.807, 2.05) is 6.07 Å². The van der Waals surface area contributed by atoms with Crippen LogP contribution in [0, 0.1) is 0 Å². The Morgan fingerprint density at radius 1 is 0.846 bits per heavy atom. The number of hydrogen-bond donors (Lipinski definition) is 1. The smallest absolute Gasteiger partial charge is 0.275 e. The fraction of sp³-hybridized carbons (Fsp3) is 0.263. The quantitative estimate of drug-likeness (QED) is 0.608. The van der Waals surface area contributed by atoms with Crippen LogP contribution >= 0.6 is 0 Å². The van der Waals surface area contributed by atoms with Crippen LogP contribution < -0.4 is 24.4 Å². The van der Waals surface area contributed by atoms with E-state index in [2.05, 4.69) is 10.5 Å². The van der Waals surface area contributed by atoms with Gasteiger partial charge in [-0.15, -0.1) is 0 Å². The molecule has 7 nitrogen and oxygen atoms in total. The Hall–Kier alpha value is -3.22. The monoisotopic (exact) mass is 358 g/mol. The standard InChI is InChI=1S/C19H22N2O5/c1-12(13-6-9-16(24-3)18(10-13)26-5)20-21-19(22)15-8-7-14(23-2)11-17(15)25-4/h6-11H,1-5H3,(H,21,22)/b20-12-. The molecule has 0 aliphatic carbocycles. The van der Waals surface area contributed by atoms with E-state index in [1.165, 1.54) is 7.11 Å². The van der Waals surface area contributed by atoms with Crippen molar-refractivity contribution in [1.82, 2.24) is 5.43 Å². The minimum Gasteiger partial charge on any atom is -0.497 e. The summed E-state index contributed by atoms with van der Waals surface area (Å²) in [6, 6.07) is 10.3. The fourth-order valence-corrected chi connectivity index (χ4v) is 2.31. The van der Waals surface area contributed by atoms with E-state index in [1.54, 1.807) is 58.6 Å². The highest BCUT2D eigenvalue weighted by atomic mass is 16.5. The molecule has 0 unspecified atom stereocenters. The van der Waals surface area contributed by atoms with E-state index in [0.29, 0.717) is 34.3 Å². The minimum atomic E-state index is -0.385. The van der Waals surface area contributed by atoms with E-state index in [4.69, 9.17) is 18.9 Å². The zero-order valence-electron chi connectivity index (χ0n) is 15.5. The Labute approximate surface area is 152 Å². The van der Waals surface area contributed by atoms with Gasteiger partial charge in [0.15, 0.2) is 11.5 Å². The molecule has 0 spiro atoms. The van der Waals surface area contributed by atoms with Gasteiger partial charge in [0.05, 0.1) is 39.7 Å². The Balaban J connectivity index is 2.19. The topological polar surface area (TPSA) is 78.4 Å². The maximum atomic E-state index is 12.4. The molecule has 2 rings (SSSR count). The van der Waals surface area contributed by atoms with Gasteiger partial charge in [-0.3, -0.25) is 4.79 Å². The van der Waals surface area contributed by atoms with E-state index < -0.39 is 0 Å². The molecule has 0 atom stereocenters. The lowest BCUT2D eigenvalue weighted by Gasteiger charge is -2.10. The van der Waals surface area contributed by atoms with Gasteiger partial charge in [0, 0.05) is 11.6 Å². The number of hydrogen-bond acceptors (Lipinski definition) is 6. The summed E-state index contributed by atoms with van der Waals surface area (Å²) < 4.78 is 20.9. The number of methoxy groups -OCH3 is 4. The number of carbonyl (C=O) groups excluding carboxylic acids is 1. The Morgan fingerprint density at radius 2 is 1.54 bits per heavy atom. The molecule has 0 fully saturated rings. The average molecular weight is 358 g/mol. The van der Waals surface area contributed by atoms with E-state index >= 15 is 0 Å². The van der Waals surface area contributed by atoms with E-state index in [0.717, 1.165) is 5.56 Å².